The molecule has 18 heavy (non-hydrogen) atoms. The molecule has 0 spiro atoms. The van der Waals surface area contributed by atoms with Gasteiger partial charge in [-0.15, -0.1) is 12.4 Å². The quantitative estimate of drug-likeness (QED) is 0.815. The van der Waals surface area contributed by atoms with E-state index in [0.717, 1.165) is 12.1 Å². The van der Waals surface area contributed by atoms with Gasteiger partial charge in [0, 0.05) is 25.4 Å². The van der Waals surface area contributed by atoms with Gasteiger partial charge >= 0.3 is 0 Å². The van der Waals surface area contributed by atoms with E-state index in [-0.39, 0.29) is 30.4 Å². The zero-order valence-corrected chi connectivity index (χ0v) is 11.4. The highest BCUT2D eigenvalue weighted by Crippen LogP contribution is 2.10. The van der Waals surface area contributed by atoms with Gasteiger partial charge in [-0.1, -0.05) is 0 Å². The molecule has 2 atom stereocenters. The molecule has 1 amide bonds. The molecule has 7 heteroatoms. The third kappa shape index (κ3) is 3.69. The Labute approximate surface area is 112 Å². The summed E-state index contributed by atoms with van der Waals surface area (Å²) in [6.45, 7) is 3.77. The van der Waals surface area contributed by atoms with Crippen LogP contribution < -0.4 is 10.6 Å². The van der Waals surface area contributed by atoms with Crippen molar-refractivity contribution in [1.82, 2.24) is 20.4 Å². The topological polar surface area (TPSA) is 68.2 Å². The van der Waals surface area contributed by atoms with Crippen LogP contribution in [0.5, 0.6) is 0 Å². The van der Waals surface area contributed by atoms with Crippen LogP contribution in [-0.4, -0.2) is 41.5 Å². The van der Waals surface area contributed by atoms with Gasteiger partial charge in [0.25, 0.3) is 0 Å². The number of ether oxygens (including phenoxy) is 1. The summed E-state index contributed by atoms with van der Waals surface area (Å²) >= 11 is 0. The molecule has 102 valence electrons. The molecule has 1 aliphatic heterocycles. The second-order valence-corrected chi connectivity index (χ2v) is 4.26. The largest absolute Gasteiger partial charge is 0.378 e. The summed E-state index contributed by atoms with van der Waals surface area (Å²) in [5.74, 6) is -0.0268. The van der Waals surface area contributed by atoms with E-state index in [1.807, 2.05) is 20.2 Å². The van der Waals surface area contributed by atoms with Crippen LogP contribution in [0, 0.1) is 0 Å². The average molecular weight is 275 g/mol. The maximum Gasteiger partial charge on any atom is 0.240 e. The van der Waals surface area contributed by atoms with E-state index < -0.39 is 0 Å². The van der Waals surface area contributed by atoms with Crippen LogP contribution in [0.1, 0.15) is 18.5 Å². The van der Waals surface area contributed by atoms with Crippen molar-refractivity contribution in [2.24, 2.45) is 7.05 Å². The lowest BCUT2D eigenvalue weighted by molar-refractivity contribution is -0.126. The number of aromatic nitrogens is 2. The Hall–Kier alpha value is -1.11. The minimum atomic E-state index is -0.247. The molecule has 1 fully saturated rings. The van der Waals surface area contributed by atoms with Crippen molar-refractivity contribution < 1.29 is 9.53 Å². The van der Waals surface area contributed by atoms with Gasteiger partial charge in [-0.3, -0.25) is 9.48 Å². The number of hydrogen-bond donors (Lipinski definition) is 2. The van der Waals surface area contributed by atoms with E-state index in [4.69, 9.17) is 4.74 Å². The van der Waals surface area contributed by atoms with Gasteiger partial charge < -0.3 is 15.4 Å². The minimum Gasteiger partial charge on any atom is -0.378 e. The first kappa shape index (κ1) is 14.9. The number of aryl methyl sites for hydroxylation is 1. The molecular formula is C11H19ClN4O2. The van der Waals surface area contributed by atoms with Crippen molar-refractivity contribution in [3.05, 3.63) is 18.0 Å². The van der Waals surface area contributed by atoms with Gasteiger partial charge in [0.15, 0.2) is 0 Å². The summed E-state index contributed by atoms with van der Waals surface area (Å²) < 4.78 is 6.98. The van der Waals surface area contributed by atoms with Gasteiger partial charge in [-0.05, 0) is 6.92 Å². The number of rotatable bonds is 3. The summed E-state index contributed by atoms with van der Waals surface area (Å²) in [5.41, 5.74) is 0.998. The fourth-order valence-corrected chi connectivity index (χ4v) is 1.79. The molecule has 2 rings (SSSR count). The van der Waals surface area contributed by atoms with Crippen molar-refractivity contribution in [3.8, 4) is 0 Å². The Kier molecular flexibility index (Phi) is 5.58. The predicted octanol–water partition coefficient (Wildman–Crippen LogP) is 0.00750. The molecule has 0 saturated carbocycles. The summed E-state index contributed by atoms with van der Waals surface area (Å²) in [6.07, 6.45) is 3.66. The molecule has 1 aromatic heterocycles. The summed E-state index contributed by atoms with van der Waals surface area (Å²) in [6, 6.07) is -0.289. The molecule has 0 bridgehead atoms. The normalized spacial score (nSPS) is 20.9. The van der Waals surface area contributed by atoms with E-state index in [9.17, 15) is 4.79 Å². The van der Waals surface area contributed by atoms with Crippen molar-refractivity contribution in [2.45, 2.75) is 19.0 Å². The molecule has 1 aliphatic rings. The number of carbonyl (C=O) groups is 1. The number of nitrogens with zero attached hydrogens (tertiary/aromatic N) is 2. The van der Waals surface area contributed by atoms with Gasteiger partial charge in [0.2, 0.25) is 5.91 Å². The lowest BCUT2D eigenvalue weighted by atomic mass is 10.1. The van der Waals surface area contributed by atoms with E-state index in [1.54, 1.807) is 10.9 Å². The van der Waals surface area contributed by atoms with Gasteiger partial charge in [0.1, 0.15) is 6.04 Å². The van der Waals surface area contributed by atoms with Crippen LogP contribution >= 0.6 is 12.4 Å². The van der Waals surface area contributed by atoms with Crippen LogP contribution in [-0.2, 0) is 16.6 Å². The number of amides is 1. The van der Waals surface area contributed by atoms with E-state index in [0.29, 0.717) is 13.2 Å². The molecule has 2 heterocycles. The fraction of sp³-hybridized carbons (Fsp3) is 0.636. The predicted molar refractivity (Wildman–Crippen MR) is 69.6 cm³/mol. The van der Waals surface area contributed by atoms with Crippen LogP contribution in [0.25, 0.3) is 0 Å². The average Bonchev–Trinajstić information content (AvgIpc) is 2.77. The molecule has 2 N–H and O–H groups in total. The number of carbonyl (C=O) groups excluding carboxylic acids is 1. The van der Waals surface area contributed by atoms with E-state index in [2.05, 4.69) is 15.7 Å². The second kappa shape index (κ2) is 6.72. The van der Waals surface area contributed by atoms with Gasteiger partial charge in [-0.25, -0.2) is 0 Å². The maximum absolute atomic E-state index is 11.9. The monoisotopic (exact) mass is 274 g/mol. The summed E-state index contributed by atoms with van der Waals surface area (Å²) in [4.78, 5) is 11.9. The molecular weight excluding hydrogens is 256 g/mol. The van der Waals surface area contributed by atoms with Crippen molar-refractivity contribution in [2.75, 3.05) is 19.8 Å². The highest BCUT2D eigenvalue weighted by molar-refractivity contribution is 5.85. The highest BCUT2D eigenvalue weighted by Gasteiger charge is 2.22. The van der Waals surface area contributed by atoms with Crippen LogP contribution in [0.3, 0.4) is 0 Å². The maximum atomic E-state index is 11.9. The number of nitrogens with one attached hydrogen (secondary N) is 2. The zero-order chi connectivity index (χ0) is 12.3. The number of morpholine rings is 1. The minimum absolute atomic E-state index is 0. The molecule has 1 saturated heterocycles. The number of halogens is 1. The van der Waals surface area contributed by atoms with Crippen LogP contribution in [0.2, 0.25) is 0 Å². The Morgan fingerprint density at radius 1 is 1.72 bits per heavy atom. The zero-order valence-electron chi connectivity index (χ0n) is 10.5. The van der Waals surface area contributed by atoms with Crippen LogP contribution in [0.4, 0.5) is 0 Å². The van der Waals surface area contributed by atoms with Crippen molar-refractivity contribution in [1.29, 1.82) is 0 Å². The smallest absolute Gasteiger partial charge is 0.240 e. The molecule has 0 aliphatic carbocycles. The highest BCUT2D eigenvalue weighted by atomic mass is 35.5. The number of hydrogen-bond acceptors (Lipinski definition) is 4. The van der Waals surface area contributed by atoms with Gasteiger partial charge in [0.05, 0.1) is 25.5 Å². The second-order valence-electron chi connectivity index (χ2n) is 4.26. The Morgan fingerprint density at radius 2 is 2.50 bits per heavy atom. The third-order valence-corrected chi connectivity index (χ3v) is 2.82. The third-order valence-electron chi connectivity index (χ3n) is 2.82. The van der Waals surface area contributed by atoms with Crippen molar-refractivity contribution in [3.63, 3.8) is 0 Å². The molecule has 2 unspecified atom stereocenters. The summed E-state index contributed by atoms with van der Waals surface area (Å²) in [5, 5.41) is 10.2. The van der Waals surface area contributed by atoms with Gasteiger partial charge in [-0.2, -0.15) is 5.10 Å². The molecule has 0 aromatic carbocycles. The molecule has 6 nitrogen and oxygen atoms in total. The summed E-state index contributed by atoms with van der Waals surface area (Å²) in [7, 11) is 1.86. The SMILES string of the molecule is CC(NC(=O)C1COCCN1)c1cnn(C)c1.Cl. The standard InChI is InChI=1S/C11H18N4O2.ClH/c1-8(9-5-13-15(2)6-9)14-11(16)10-7-17-4-3-12-10;/h5-6,8,10,12H,3-4,7H2,1-2H3,(H,14,16);1H. The Morgan fingerprint density at radius 3 is 3.06 bits per heavy atom. The first-order chi connectivity index (χ1) is 8.16. The van der Waals surface area contributed by atoms with E-state index >= 15 is 0 Å². The first-order valence-electron chi connectivity index (χ1n) is 5.77. The lowest BCUT2D eigenvalue weighted by Crippen LogP contribution is -2.51. The Balaban J connectivity index is 0.00000162. The van der Waals surface area contributed by atoms with Crippen molar-refractivity contribution >= 4 is 18.3 Å². The Bertz CT molecular complexity index is 390. The molecule has 0 radical (unpaired) electrons. The van der Waals surface area contributed by atoms with Crippen LogP contribution in [0.15, 0.2) is 12.4 Å². The lowest BCUT2D eigenvalue weighted by Gasteiger charge is -2.24. The molecule has 1 aromatic rings. The first-order valence-corrected chi connectivity index (χ1v) is 5.77. The fourth-order valence-electron chi connectivity index (χ4n) is 1.79. The van der Waals surface area contributed by atoms with E-state index in [1.165, 1.54) is 0 Å².